The molecule has 2 aromatic carbocycles. The van der Waals surface area contributed by atoms with Crippen LogP contribution < -0.4 is 5.63 Å². The number of carbonyl (C=O) groups excluding carboxylic acids is 1. The standard InChI is InChI=1S/C19H15BrO4/c1-12-2-7-16-14(10-19(22)24-17(16)8-12)11-23-18(21)9-13-3-5-15(20)6-4-13/h2-8,10H,9,11H2,1H3. The van der Waals surface area contributed by atoms with Gasteiger partial charge in [-0.2, -0.15) is 0 Å². The normalized spacial score (nSPS) is 10.8. The van der Waals surface area contributed by atoms with Gasteiger partial charge in [-0.25, -0.2) is 4.79 Å². The molecule has 0 aliphatic rings. The Morgan fingerprint density at radius 3 is 2.62 bits per heavy atom. The summed E-state index contributed by atoms with van der Waals surface area (Å²) in [5.74, 6) is -0.342. The van der Waals surface area contributed by atoms with Crippen LogP contribution in [0.2, 0.25) is 0 Å². The molecule has 0 amide bonds. The minimum atomic E-state index is -0.452. The first-order chi connectivity index (χ1) is 11.5. The molecule has 0 unspecified atom stereocenters. The topological polar surface area (TPSA) is 56.5 Å². The summed E-state index contributed by atoms with van der Waals surface area (Å²) in [6.07, 6.45) is 0.186. The molecule has 0 bridgehead atoms. The smallest absolute Gasteiger partial charge is 0.336 e. The molecule has 0 N–H and O–H groups in total. The van der Waals surface area contributed by atoms with Crippen LogP contribution in [0.5, 0.6) is 0 Å². The fraction of sp³-hybridized carbons (Fsp3) is 0.158. The number of ether oxygens (including phenoxy) is 1. The Hall–Kier alpha value is -2.40. The zero-order valence-electron chi connectivity index (χ0n) is 13.0. The molecular weight excluding hydrogens is 372 g/mol. The number of rotatable bonds is 4. The van der Waals surface area contributed by atoms with Crippen LogP contribution >= 0.6 is 15.9 Å². The van der Waals surface area contributed by atoms with Gasteiger partial charge in [0.2, 0.25) is 0 Å². The predicted octanol–water partition coefficient (Wildman–Crippen LogP) is 4.15. The number of benzene rings is 2. The molecule has 1 aromatic heterocycles. The van der Waals surface area contributed by atoms with Crippen LogP contribution in [0.3, 0.4) is 0 Å². The van der Waals surface area contributed by atoms with Gasteiger partial charge in [0.25, 0.3) is 0 Å². The van der Waals surface area contributed by atoms with Gasteiger partial charge >= 0.3 is 11.6 Å². The van der Waals surface area contributed by atoms with Crippen LogP contribution in [0.15, 0.2) is 62.2 Å². The van der Waals surface area contributed by atoms with Gasteiger partial charge in [-0.15, -0.1) is 0 Å². The minimum absolute atomic E-state index is 0.0422. The lowest BCUT2D eigenvalue weighted by molar-refractivity contribution is -0.144. The fourth-order valence-electron chi connectivity index (χ4n) is 2.43. The molecular formula is C19H15BrO4. The number of carbonyl (C=O) groups is 1. The first kappa shape index (κ1) is 16.5. The van der Waals surface area contributed by atoms with Crippen molar-refractivity contribution in [2.45, 2.75) is 20.0 Å². The van der Waals surface area contributed by atoms with Gasteiger partial charge in [0.05, 0.1) is 6.42 Å². The molecule has 0 aliphatic carbocycles. The Balaban J connectivity index is 1.74. The van der Waals surface area contributed by atoms with E-state index in [0.717, 1.165) is 21.0 Å². The third-order valence-electron chi connectivity index (χ3n) is 3.64. The van der Waals surface area contributed by atoms with E-state index in [2.05, 4.69) is 15.9 Å². The number of halogens is 1. The summed E-state index contributed by atoms with van der Waals surface area (Å²) in [5.41, 5.74) is 2.56. The highest BCUT2D eigenvalue weighted by Gasteiger charge is 2.10. The molecule has 5 heteroatoms. The molecule has 3 aromatic rings. The maximum Gasteiger partial charge on any atom is 0.336 e. The van der Waals surface area contributed by atoms with Crippen molar-refractivity contribution < 1.29 is 13.9 Å². The summed E-state index contributed by atoms with van der Waals surface area (Å²) >= 11 is 3.35. The Morgan fingerprint density at radius 1 is 1.12 bits per heavy atom. The Bertz CT molecular complexity index is 942. The van der Waals surface area contributed by atoms with Gasteiger partial charge in [0, 0.05) is 21.5 Å². The number of esters is 1. The second-order valence-corrected chi connectivity index (χ2v) is 6.47. The van der Waals surface area contributed by atoms with E-state index in [9.17, 15) is 9.59 Å². The predicted molar refractivity (Wildman–Crippen MR) is 94.9 cm³/mol. The van der Waals surface area contributed by atoms with Gasteiger partial charge < -0.3 is 9.15 Å². The maximum absolute atomic E-state index is 12.0. The monoisotopic (exact) mass is 386 g/mol. The Labute approximate surface area is 147 Å². The van der Waals surface area contributed by atoms with E-state index in [4.69, 9.17) is 9.15 Å². The molecule has 0 fully saturated rings. The third kappa shape index (κ3) is 3.92. The third-order valence-corrected chi connectivity index (χ3v) is 4.16. The van der Waals surface area contributed by atoms with Crippen molar-refractivity contribution in [1.29, 1.82) is 0 Å². The number of hydrogen-bond acceptors (Lipinski definition) is 4. The van der Waals surface area contributed by atoms with Crippen molar-refractivity contribution in [2.24, 2.45) is 0 Å². The van der Waals surface area contributed by atoms with Crippen LogP contribution in [0.1, 0.15) is 16.7 Å². The van der Waals surface area contributed by atoms with Crippen LogP contribution in [-0.2, 0) is 22.6 Å². The average Bonchev–Trinajstić information content (AvgIpc) is 2.54. The van der Waals surface area contributed by atoms with Crippen molar-refractivity contribution in [3.63, 3.8) is 0 Å². The van der Waals surface area contributed by atoms with Crippen LogP contribution in [0.4, 0.5) is 0 Å². The van der Waals surface area contributed by atoms with Crippen molar-refractivity contribution in [1.82, 2.24) is 0 Å². The molecule has 4 nitrogen and oxygen atoms in total. The SMILES string of the molecule is Cc1ccc2c(COC(=O)Cc3ccc(Br)cc3)cc(=O)oc2c1. The van der Waals surface area contributed by atoms with Crippen molar-refractivity contribution in [3.8, 4) is 0 Å². The minimum Gasteiger partial charge on any atom is -0.461 e. The lowest BCUT2D eigenvalue weighted by atomic mass is 10.1. The van der Waals surface area contributed by atoms with Crippen molar-refractivity contribution in [3.05, 3.63) is 80.1 Å². The molecule has 122 valence electrons. The zero-order chi connectivity index (χ0) is 17.1. The molecule has 0 aliphatic heterocycles. The Kier molecular flexibility index (Phi) is 4.81. The quantitative estimate of drug-likeness (QED) is 0.499. The molecule has 1 heterocycles. The van der Waals surface area contributed by atoms with E-state index in [0.29, 0.717) is 11.1 Å². The van der Waals surface area contributed by atoms with Crippen molar-refractivity contribution >= 4 is 32.9 Å². The van der Waals surface area contributed by atoms with Crippen LogP contribution in [0, 0.1) is 6.92 Å². The van der Waals surface area contributed by atoms with Gasteiger partial charge in [0.1, 0.15) is 12.2 Å². The molecule has 0 atom stereocenters. The first-order valence-corrected chi connectivity index (χ1v) is 8.24. The highest BCUT2D eigenvalue weighted by atomic mass is 79.9. The van der Waals surface area contributed by atoms with Gasteiger partial charge in [-0.3, -0.25) is 4.79 Å². The molecule has 0 spiro atoms. The van der Waals surface area contributed by atoms with E-state index in [1.165, 1.54) is 6.07 Å². The van der Waals surface area contributed by atoms with Gasteiger partial charge in [-0.1, -0.05) is 40.2 Å². The number of fused-ring (bicyclic) bond motifs is 1. The summed E-state index contributed by atoms with van der Waals surface area (Å²) in [5, 5.41) is 0.775. The summed E-state index contributed by atoms with van der Waals surface area (Å²) in [6, 6.07) is 14.4. The van der Waals surface area contributed by atoms with Gasteiger partial charge in [0.15, 0.2) is 0 Å². The maximum atomic E-state index is 12.0. The lowest BCUT2D eigenvalue weighted by Gasteiger charge is -2.08. The Morgan fingerprint density at radius 2 is 1.88 bits per heavy atom. The van der Waals surface area contributed by atoms with Gasteiger partial charge in [-0.05, 0) is 36.2 Å². The molecule has 0 saturated heterocycles. The van der Waals surface area contributed by atoms with E-state index in [1.54, 1.807) is 6.07 Å². The van der Waals surface area contributed by atoms with E-state index in [1.807, 2.05) is 43.3 Å². The highest BCUT2D eigenvalue weighted by Crippen LogP contribution is 2.19. The second kappa shape index (κ2) is 7.01. The molecule has 0 saturated carbocycles. The van der Waals surface area contributed by atoms with E-state index in [-0.39, 0.29) is 19.0 Å². The lowest BCUT2D eigenvalue weighted by Crippen LogP contribution is -2.10. The first-order valence-electron chi connectivity index (χ1n) is 7.45. The summed E-state index contributed by atoms with van der Waals surface area (Å²) in [7, 11) is 0. The van der Waals surface area contributed by atoms with Crippen LogP contribution in [-0.4, -0.2) is 5.97 Å². The number of hydrogen-bond donors (Lipinski definition) is 0. The summed E-state index contributed by atoms with van der Waals surface area (Å²) < 4.78 is 11.5. The molecule has 3 rings (SSSR count). The molecule has 0 radical (unpaired) electrons. The van der Waals surface area contributed by atoms with Crippen LogP contribution in [0.25, 0.3) is 11.0 Å². The number of aryl methyl sites for hydroxylation is 1. The van der Waals surface area contributed by atoms with E-state index >= 15 is 0 Å². The zero-order valence-corrected chi connectivity index (χ0v) is 14.6. The van der Waals surface area contributed by atoms with E-state index < -0.39 is 5.63 Å². The van der Waals surface area contributed by atoms with Crippen molar-refractivity contribution in [2.75, 3.05) is 0 Å². The highest BCUT2D eigenvalue weighted by molar-refractivity contribution is 9.10. The fourth-order valence-corrected chi connectivity index (χ4v) is 2.70. The largest absolute Gasteiger partial charge is 0.461 e. The second-order valence-electron chi connectivity index (χ2n) is 5.55. The summed E-state index contributed by atoms with van der Waals surface area (Å²) in [6.45, 7) is 1.96. The molecule has 24 heavy (non-hydrogen) atoms. The average molecular weight is 387 g/mol. The summed E-state index contributed by atoms with van der Waals surface area (Å²) in [4.78, 5) is 23.7.